The minimum absolute atomic E-state index is 0.0702. The molecule has 176 valence electrons. The largest absolute Gasteiger partial charge is 0.479 e. The van der Waals surface area contributed by atoms with Crippen LogP contribution in [0.15, 0.2) is 10.5 Å². The van der Waals surface area contributed by atoms with Crippen LogP contribution in [0.4, 0.5) is 5.13 Å². The van der Waals surface area contributed by atoms with Crippen LogP contribution in [-0.2, 0) is 28.9 Å². The first-order valence-electron chi connectivity index (χ1n) is 8.88. The fourth-order valence-corrected chi connectivity index (χ4v) is 3.09. The van der Waals surface area contributed by atoms with Crippen molar-refractivity contribution < 1.29 is 49.3 Å². The topological polar surface area (TPSA) is 234 Å². The number of aliphatic carboxylic acids is 2. The minimum atomic E-state index is -1.76. The van der Waals surface area contributed by atoms with Gasteiger partial charge in [-0.15, -0.1) is 11.3 Å². The maximum Gasteiger partial charge on any atom is 0.350 e. The summed E-state index contributed by atoms with van der Waals surface area (Å²) in [4.78, 5) is 60.9. The number of aromatic nitrogens is 1. The molecule has 1 aliphatic rings. The molecule has 0 radical (unpaired) electrons. The third-order valence-corrected chi connectivity index (χ3v) is 4.99. The van der Waals surface area contributed by atoms with Crippen LogP contribution in [0.5, 0.6) is 0 Å². The van der Waals surface area contributed by atoms with E-state index in [0.717, 1.165) is 11.3 Å². The first kappa shape index (κ1) is 24.9. The van der Waals surface area contributed by atoms with Gasteiger partial charge in [-0.2, -0.15) is 0 Å². The number of anilines is 1. The molecule has 7 N–H and O–H groups in total. The Morgan fingerprint density at radius 2 is 1.88 bits per heavy atom. The first-order chi connectivity index (χ1) is 14.9. The van der Waals surface area contributed by atoms with Gasteiger partial charge in [0.15, 0.2) is 10.8 Å². The van der Waals surface area contributed by atoms with Crippen molar-refractivity contribution in [3.8, 4) is 0 Å². The van der Waals surface area contributed by atoms with Gasteiger partial charge in [0.1, 0.15) is 11.7 Å². The molecular formula is C16H21N5O10S. The molecule has 2 heterocycles. The lowest BCUT2D eigenvalue weighted by Gasteiger charge is -2.52. The van der Waals surface area contributed by atoms with Crippen LogP contribution in [0.3, 0.4) is 0 Å². The number of nitrogens with two attached hydrogens (primary N) is 1. The molecule has 1 saturated heterocycles. The quantitative estimate of drug-likeness (QED) is 0.110. The number of carboxylic acid groups (broad SMARTS) is 2. The highest BCUT2D eigenvalue weighted by atomic mass is 32.1. The van der Waals surface area contributed by atoms with E-state index in [1.54, 1.807) is 0 Å². The molecule has 2 amide bonds. The van der Waals surface area contributed by atoms with E-state index in [1.807, 2.05) is 0 Å². The lowest BCUT2D eigenvalue weighted by atomic mass is 9.84. The number of nitrogens with zero attached hydrogens (tertiary/aromatic N) is 3. The summed E-state index contributed by atoms with van der Waals surface area (Å²) in [6, 6.07) is -1.20. The second-order valence-corrected chi connectivity index (χ2v) is 7.82. The van der Waals surface area contributed by atoms with Crippen LogP contribution in [0, 0.1) is 0 Å². The number of hydrogen-bond acceptors (Lipinski definition) is 12. The number of nitrogen functional groups attached to an aromatic ring is 1. The van der Waals surface area contributed by atoms with Crippen molar-refractivity contribution in [2.24, 2.45) is 5.16 Å². The van der Waals surface area contributed by atoms with E-state index in [0.29, 0.717) is 5.06 Å². The number of thiazole rings is 1. The summed E-state index contributed by atoms with van der Waals surface area (Å²) in [5.74, 6) is -4.82. The van der Waals surface area contributed by atoms with Gasteiger partial charge in [-0.25, -0.2) is 19.6 Å². The second kappa shape index (κ2) is 9.86. The molecule has 3 unspecified atom stereocenters. The van der Waals surface area contributed by atoms with Gasteiger partial charge in [0.25, 0.3) is 11.8 Å². The molecule has 0 bridgehead atoms. The summed E-state index contributed by atoms with van der Waals surface area (Å²) in [6.45, 7) is 1.12. The summed E-state index contributed by atoms with van der Waals surface area (Å²) in [6.07, 6.45) is -3.45. The molecule has 0 saturated carbocycles. The standard InChI is InChI=1S/C16H21N5O10S/c1-16(2)10(12(25)21(16)31-8(4-23)14(28)29)19-11(24)9(6-5-32-15(17)18-6)20-30-7(3-22)13(26)27/h5,7-8,10,22-23H,3-4H2,1-2H3,(H2,17,18)(H,19,24)(H,26,27)(H,28,29). The van der Waals surface area contributed by atoms with Crippen molar-refractivity contribution in [1.29, 1.82) is 0 Å². The number of β-lactam (4-membered cyclic amide) rings is 1. The minimum Gasteiger partial charge on any atom is -0.479 e. The molecule has 2 rings (SSSR count). The number of hydrogen-bond donors (Lipinski definition) is 6. The summed E-state index contributed by atoms with van der Waals surface area (Å²) in [5.41, 5.74) is 3.74. The van der Waals surface area contributed by atoms with Crippen LogP contribution < -0.4 is 11.1 Å². The molecular weight excluding hydrogens is 454 g/mol. The fourth-order valence-electron chi connectivity index (χ4n) is 2.54. The highest BCUT2D eigenvalue weighted by Crippen LogP contribution is 2.33. The number of carbonyl (C=O) groups is 4. The number of carbonyl (C=O) groups excluding carboxylic acids is 2. The number of oxime groups is 1. The Hall–Kier alpha value is -3.34. The van der Waals surface area contributed by atoms with Crippen LogP contribution in [-0.4, -0.2) is 96.9 Å². The van der Waals surface area contributed by atoms with Gasteiger partial charge in [-0.05, 0) is 13.8 Å². The summed E-state index contributed by atoms with van der Waals surface area (Å²) < 4.78 is 0. The van der Waals surface area contributed by atoms with E-state index in [-0.39, 0.29) is 10.8 Å². The number of aliphatic hydroxyl groups excluding tert-OH is 2. The number of hydroxylamine groups is 2. The monoisotopic (exact) mass is 475 g/mol. The van der Waals surface area contributed by atoms with E-state index in [1.165, 1.54) is 19.2 Å². The van der Waals surface area contributed by atoms with E-state index in [9.17, 15) is 19.2 Å². The van der Waals surface area contributed by atoms with E-state index in [2.05, 4.69) is 15.5 Å². The maximum absolute atomic E-state index is 12.8. The Balaban J connectivity index is 2.21. The fraction of sp³-hybridized carbons (Fsp3) is 0.500. The number of carboxylic acids is 2. The summed E-state index contributed by atoms with van der Waals surface area (Å²) in [5, 5.41) is 44.0. The predicted octanol–water partition coefficient (Wildman–Crippen LogP) is -2.63. The molecule has 1 aromatic rings. The molecule has 1 aromatic heterocycles. The van der Waals surface area contributed by atoms with Crippen molar-refractivity contribution in [2.75, 3.05) is 18.9 Å². The van der Waals surface area contributed by atoms with Crippen molar-refractivity contribution in [3.63, 3.8) is 0 Å². The van der Waals surface area contributed by atoms with Crippen LogP contribution >= 0.6 is 11.3 Å². The Kier molecular flexibility index (Phi) is 7.68. The number of amides is 2. The molecule has 16 heteroatoms. The Morgan fingerprint density at radius 1 is 1.28 bits per heavy atom. The summed E-state index contributed by atoms with van der Waals surface area (Å²) >= 11 is 0.958. The number of rotatable bonds is 11. The van der Waals surface area contributed by atoms with E-state index >= 15 is 0 Å². The highest BCUT2D eigenvalue weighted by molar-refractivity contribution is 7.13. The Morgan fingerprint density at radius 3 is 2.31 bits per heavy atom. The van der Waals surface area contributed by atoms with Gasteiger partial charge in [0, 0.05) is 5.38 Å². The zero-order valence-electron chi connectivity index (χ0n) is 16.8. The SMILES string of the molecule is CC1(C)C(NC(=O)C(=NOC(CO)C(=O)O)c2csc(N)n2)C(=O)N1OC(CO)C(=O)O. The molecule has 1 aliphatic heterocycles. The van der Waals surface area contributed by atoms with Gasteiger partial charge in [-0.1, -0.05) is 5.16 Å². The molecule has 0 aromatic carbocycles. The second-order valence-electron chi connectivity index (χ2n) is 6.93. The molecule has 0 spiro atoms. The van der Waals surface area contributed by atoms with Crippen molar-refractivity contribution in [3.05, 3.63) is 11.1 Å². The molecule has 3 atom stereocenters. The van der Waals surface area contributed by atoms with Crippen molar-refractivity contribution >= 4 is 45.9 Å². The van der Waals surface area contributed by atoms with Crippen LogP contribution in [0.25, 0.3) is 0 Å². The third kappa shape index (κ3) is 5.10. The van der Waals surface area contributed by atoms with Crippen molar-refractivity contribution in [1.82, 2.24) is 15.4 Å². The molecule has 32 heavy (non-hydrogen) atoms. The molecule has 0 aliphatic carbocycles. The smallest absolute Gasteiger partial charge is 0.350 e. The number of nitrogens with one attached hydrogen (secondary N) is 1. The average molecular weight is 475 g/mol. The van der Waals surface area contributed by atoms with Gasteiger partial charge in [0.05, 0.1) is 18.8 Å². The lowest BCUT2D eigenvalue weighted by Crippen LogP contribution is -2.77. The zero-order chi connectivity index (χ0) is 24.2. The zero-order valence-corrected chi connectivity index (χ0v) is 17.6. The van der Waals surface area contributed by atoms with Gasteiger partial charge >= 0.3 is 11.9 Å². The van der Waals surface area contributed by atoms with Gasteiger partial charge < -0.3 is 36.3 Å². The summed E-state index contributed by atoms with van der Waals surface area (Å²) in [7, 11) is 0. The third-order valence-electron chi connectivity index (χ3n) is 4.32. The van der Waals surface area contributed by atoms with Crippen molar-refractivity contribution in [2.45, 2.75) is 37.6 Å². The molecule has 1 fully saturated rings. The number of aliphatic hydroxyl groups is 2. The van der Waals surface area contributed by atoms with Crippen LogP contribution in [0.1, 0.15) is 19.5 Å². The van der Waals surface area contributed by atoms with Crippen LogP contribution in [0.2, 0.25) is 0 Å². The molecule has 15 nitrogen and oxygen atoms in total. The maximum atomic E-state index is 12.8. The Labute approximate surface area is 184 Å². The first-order valence-corrected chi connectivity index (χ1v) is 9.76. The van der Waals surface area contributed by atoms with Gasteiger partial charge in [-0.3, -0.25) is 14.4 Å². The predicted molar refractivity (Wildman–Crippen MR) is 105 cm³/mol. The lowest BCUT2D eigenvalue weighted by molar-refractivity contribution is -0.278. The van der Waals surface area contributed by atoms with Gasteiger partial charge in [0.2, 0.25) is 12.2 Å². The van der Waals surface area contributed by atoms with E-state index < -0.39 is 66.5 Å². The Bertz CT molecular complexity index is 932. The van der Waals surface area contributed by atoms with E-state index in [4.69, 9.17) is 35.8 Å². The normalized spacial score (nSPS) is 19.6. The average Bonchev–Trinajstić information content (AvgIpc) is 3.14. The highest BCUT2D eigenvalue weighted by Gasteiger charge is 2.57.